The van der Waals surface area contributed by atoms with Crippen molar-refractivity contribution in [2.24, 2.45) is 0 Å². The zero-order valence-corrected chi connectivity index (χ0v) is 10.3. The number of ketones is 1. The lowest BCUT2D eigenvalue weighted by atomic mass is 9.99. The summed E-state index contributed by atoms with van der Waals surface area (Å²) in [5, 5.41) is 0. The Balaban J connectivity index is 2.41. The van der Waals surface area contributed by atoms with E-state index < -0.39 is 0 Å². The molecule has 1 aliphatic rings. The Labute approximate surface area is 101 Å². The summed E-state index contributed by atoms with van der Waals surface area (Å²) in [5.74, 6) is 0.180. The summed E-state index contributed by atoms with van der Waals surface area (Å²) in [6.45, 7) is 4.73. The van der Waals surface area contributed by atoms with E-state index in [1.165, 1.54) is 5.56 Å². The molecule has 17 heavy (non-hydrogen) atoms. The number of amides is 1. The summed E-state index contributed by atoms with van der Waals surface area (Å²) < 4.78 is 0. The van der Waals surface area contributed by atoms with Gasteiger partial charge in [-0.2, -0.15) is 0 Å². The minimum Gasteiger partial charge on any atom is -0.338 e. The molecule has 90 valence electrons. The summed E-state index contributed by atoms with van der Waals surface area (Å²) >= 11 is 0. The molecule has 0 spiro atoms. The van der Waals surface area contributed by atoms with Crippen LogP contribution in [0.2, 0.25) is 0 Å². The number of carbonyl (C=O) groups excluding carboxylic acids is 2. The molecule has 1 aromatic carbocycles. The molecule has 1 aromatic rings. The Bertz CT molecular complexity index is 465. The van der Waals surface area contributed by atoms with Gasteiger partial charge in [0.2, 0.25) is 5.91 Å². The monoisotopic (exact) mass is 231 g/mol. The number of nitrogens with zero attached hydrogens (tertiary/aromatic N) is 1. The minimum atomic E-state index is 0.0348. The molecular formula is C14H17NO2. The quantitative estimate of drug-likeness (QED) is 0.743. The van der Waals surface area contributed by atoms with Crippen LogP contribution in [-0.4, -0.2) is 23.1 Å². The van der Waals surface area contributed by atoms with Crippen LogP contribution in [0.15, 0.2) is 18.2 Å². The van der Waals surface area contributed by atoms with Crippen LogP contribution in [0.3, 0.4) is 0 Å². The molecule has 0 radical (unpaired) electrons. The minimum absolute atomic E-state index is 0.0348. The van der Waals surface area contributed by atoms with Crippen LogP contribution in [0.5, 0.6) is 0 Å². The number of hydrogen-bond donors (Lipinski definition) is 0. The molecule has 3 nitrogen and oxygen atoms in total. The molecule has 2 rings (SSSR count). The average Bonchev–Trinajstić information content (AvgIpc) is 2.48. The Morgan fingerprint density at radius 1 is 1.41 bits per heavy atom. The van der Waals surface area contributed by atoms with Gasteiger partial charge in [0.1, 0.15) is 0 Å². The zero-order valence-electron chi connectivity index (χ0n) is 10.3. The zero-order chi connectivity index (χ0) is 12.4. The van der Waals surface area contributed by atoms with Crippen LogP contribution in [0, 0.1) is 0 Å². The number of carbonyl (C=O) groups is 2. The van der Waals surface area contributed by atoms with Gasteiger partial charge in [-0.05, 0) is 17.5 Å². The van der Waals surface area contributed by atoms with Crippen molar-refractivity contribution in [3.63, 3.8) is 0 Å². The van der Waals surface area contributed by atoms with Crippen molar-refractivity contribution in [2.45, 2.75) is 33.2 Å². The van der Waals surface area contributed by atoms with E-state index in [0.717, 1.165) is 17.5 Å². The molecule has 0 fully saturated rings. The predicted octanol–water partition coefficient (Wildman–Crippen LogP) is 2.18. The van der Waals surface area contributed by atoms with Gasteiger partial charge in [-0.3, -0.25) is 9.59 Å². The summed E-state index contributed by atoms with van der Waals surface area (Å²) in [6, 6.07) is 5.95. The molecule has 0 saturated heterocycles. The highest BCUT2D eigenvalue weighted by molar-refractivity contribution is 5.98. The highest BCUT2D eigenvalue weighted by Gasteiger charge is 2.21. The topological polar surface area (TPSA) is 37.4 Å². The molecule has 1 aliphatic heterocycles. The van der Waals surface area contributed by atoms with Gasteiger partial charge in [-0.25, -0.2) is 0 Å². The summed E-state index contributed by atoms with van der Waals surface area (Å²) in [4.78, 5) is 25.1. The van der Waals surface area contributed by atoms with Gasteiger partial charge in [0.25, 0.3) is 0 Å². The first-order valence-electron chi connectivity index (χ1n) is 6.02. The number of fused-ring (bicyclic) bond motifs is 1. The van der Waals surface area contributed by atoms with E-state index in [1.54, 1.807) is 11.8 Å². The molecule has 0 aliphatic carbocycles. The van der Waals surface area contributed by atoms with Crippen LogP contribution in [0.4, 0.5) is 0 Å². The Kier molecular flexibility index (Phi) is 3.27. The molecule has 0 atom stereocenters. The lowest BCUT2D eigenvalue weighted by Crippen LogP contribution is -2.28. The second-order valence-corrected chi connectivity index (χ2v) is 4.46. The summed E-state index contributed by atoms with van der Waals surface area (Å²) in [6.07, 6.45) is 1.37. The highest BCUT2D eigenvalue weighted by Crippen LogP contribution is 2.20. The van der Waals surface area contributed by atoms with E-state index in [1.807, 2.05) is 12.1 Å². The molecule has 0 aromatic heterocycles. The second-order valence-electron chi connectivity index (χ2n) is 4.46. The number of rotatable bonds is 1. The third-order valence-corrected chi connectivity index (χ3v) is 3.29. The van der Waals surface area contributed by atoms with Gasteiger partial charge >= 0.3 is 0 Å². The smallest absolute Gasteiger partial charge is 0.219 e. The molecule has 3 heteroatoms. The van der Waals surface area contributed by atoms with Gasteiger partial charge in [-0.15, -0.1) is 0 Å². The lowest BCUT2D eigenvalue weighted by Gasteiger charge is -2.18. The van der Waals surface area contributed by atoms with Crippen LogP contribution >= 0.6 is 0 Å². The molecule has 0 bridgehead atoms. The molecule has 0 N–H and O–H groups in total. The van der Waals surface area contributed by atoms with E-state index >= 15 is 0 Å². The summed E-state index contributed by atoms with van der Waals surface area (Å²) in [7, 11) is 0. The van der Waals surface area contributed by atoms with Crippen molar-refractivity contribution in [1.29, 1.82) is 0 Å². The summed E-state index contributed by atoms with van der Waals surface area (Å²) in [5.41, 5.74) is 2.98. The van der Waals surface area contributed by atoms with E-state index in [-0.39, 0.29) is 11.7 Å². The lowest BCUT2D eigenvalue weighted by molar-refractivity contribution is -0.129. The Morgan fingerprint density at radius 2 is 2.18 bits per heavy atom. The number of Topliss-reactive ketones (excluding diaryl/α,β-unsaturated/α-hetero) is 1. The molecular weight excluding hydrogens is 214 g/mol. The maximum Gasteiger partial charge on any atom is 0.219 e. The normalized spacial score (nSPS) is 15.4. The van der Waals surface area contributed by atoms with E-state index in [9.17, 15) is 9.59 Å². The molecule has 1 heterocycles. The van der Waals surface area contributed by atoms with Gasteiger partial charge in [0, 0.05) is 32.0 Å². The van der Waals surface area contributed by atoms with Crippen LogP contribution in [-0.2, 0) is 17.8 Å². The average molecular weight is 231 g/mol. The number of benzene rings is 1. The van der Waals surface area contributed by atoms with E-state index in [0.29, 0.717) is 19.5 Å². The first-order valence-corrected chi connectivity index (χ1v) is 6.02. The van der Waals surface area contributed by atoms with Gasteiger partial charge in [0.15, 0.2) is 5.78 Å². The van der Waals surface area contributed by atoms with Crippen LogP contribution < -0.4 is 0 Å². The van der Waals surface area contributed by atoms with Crippen molar-refractivity contribution in [3.05, 3.63) is 34.9 Å². The third-order valence-electron chi connectivity index (χ3n) is 3.29. The number of hydrogen-bond acceptors (Lipinski definition) is 2. The molecule has 1 amide bonds. The van der Waals surface area contributed by atoms with E-state index in [2.05, 4.69) is 13.0 Å². The van der Waals surface area contributed by atoms with Gasteiger partial charge in [0.05, 0.1) is 0 Å². The molecule has 0 saturated carbocycles. The highest BCUT2D eigenvalue weighted by atomic mass is 16.2. The van der Waals surface area contributed by atoms with Crippen molar-refractivity contribution >= 4 is 11.7 Å². The Hall–Kier alpha value is -1.64. The van der Waals surface area contributed by atoms with Gasteiger partial charge in [-0.1, -0.05) is 25.1 Å². The second kappa shape index (κ2) is 4.70. The van der Waals surface area contributed by atoms with Crippen molar-refractivity contribution in [3.8, 4) is 0 Å². The standard InChI is InChI=1S/C14H17NO2/c1-3-11-4-5-13-12(8-11)9-15(10(2)16)7-6-14(13)17/h4-5,8H,3,6-7,9H2,1-2H3. The van der Waals surface area contributed by atoms with Crippen molar-refractivity contribution in [1.82, 2.24) is 4.90 Å². The first kappa shape index (κ1) is 11.8. The van der Waals surface area contributed by atoms with Crippen LogP contribution in [0.25, 0.3) is 0 Å². The van der Waals surface area contributed by atoms with Crippen LogP contribution in [0.1, 0.15) is 41.8 Å². The maximum absolute atomic E-state index is 11.9. The first-order chi connectivity index (χ1) is 8.11. The molecule has 0 unspecified atom stereocenters. The van der Waals surface area contributed by atoms with E-state index in [4.69, 9.17) is 0 Å². The predicted molar refractivity (Wildman–Crippen MR) is 65.9 cm³/mol. The third kappa shape index (κ3) is 2.38. The largest absolute Gasteiger partial charge is 0.338 e. The Morgan fingerprint density at radius 3 is 2.82 bits per heavy atom. The van der Waals surface area contributed by atoms with Crippen molar-refractivity contribution < 1.29 is 9.59 Å². The fraction of sp³-hybridized carbons (Fsp3) is 0.429. The van der Waals surface area contributed by atoms with Crippen molar-refractivity contribution in [2.75, 3.05) is 6.54 Å². The number of aryl methyl sites for hydroxylation is 1. The maximum atomic E-state index is 11.9. The fourth-order valence-corrected chi connectivity index (χ4v) is 2.19. The SMILES string of the molecule is CCc1ccc2c(c1)CN(C(C)=O)CCC2=O. The van der Waals surface area contributed by atoms with Gasteiger partial charge < -0.3 is 4.90 Å². The fourth-order valence-electron chi connectivity index (χ4n) is 2.19.